The Balaban J connectivity index is 1.71. The molecule has 0 radical (unpaired) electrons. The quantitative estimate of drug-likeness (QED) is 0.182. The first-order valence-electron chi connectivity index (χ1n) is 14.4. The molecule has 8 heteroatoms. The predicted molar refractivity (Wildman–Crippen MR) is 157 cm³/mol. The van der Waals surface area contributed by atoms with Gasteiger partial charge in [0, 0.05) is 12.0 Å². The van der Waals surface area contributed by atoms with Gasteiger partial charge in [0.1, 0.15) is 14.2 Å². The Hall–Kier alpha value is -0.966. The lowest BCUT2D eigenvalue weighted by Crippen LogP contribution is -2.59. The van der Waals surface area contributed by atoms with Gasteiger partial charge in [-0.05, 0) is 119 Å². The molecule has 0 heterocycles. The van der Waals surface area contributed by atoms with Gasteiger partial charge in [-0.15, -0.1) is 0 Å². The molecule has 37 heavy (non-hydrogen) atoms. The van der Waals surface area contributed by atoms with Crippen LogP contribution >= 0.6 is 0 Å². The van der Waals surface area contributed by atoms with Gasteiger partial charge in [-0.3, -0.25) is 0 Å². The Morgan fingerprint density at radius 2 is 1.70 bits per heavy atom. The Labute approximate surface area is 227 Å². The highest BCUT2D eigenvalue weighted by Crippen LogP contribution is 2.67. The zero-order valence-corrected chi connectivity index (χ0v) is 27.1. The summed E-state index contributed by atoms with van der Waals surface area (Å²) in [7, 11) is -0.0849. The van der Waals surface area contributed by atoms with Crippen LogP contribution in [0.15, 0.2) is 22.0 Å². The van der Waals surface area contributed by atoms with Crippen molar-refractivity contribution < 1.29 is 18.5 Å². The Bertz CT molecular complexity index is 937. The molecule has 3 fully saturated rings. The highest BCUT2D eigenvalue weighted by Gasteiger charge is 2.63. The van der Waals surface area contributed by atoms with E-state index in [9.17, 15) is 0 Å². The van der Waals surface area contributed by atoms with E-state index in [0.717, 1.165) is 37.1 Å². The molecule has 4 aliphatic rings. The minimum atomic E-state index is -1.76. The monoisotopic (exact) mass is 548 g/mol. The van der Waals surface area contributed by atoms with E-state index in [0.29, 0.717) is 30.3 Å². The van der Waals surface area contributed by atoms with Crippen molar-refractivity contribution in [2.45, 2.75) is 104 Å². The normalized spacial score (nSPS) is 39.5. The fourth-order valence-electron chi connectivity index (χ4n) is 8.56. The number of fused-ring (bicyclic) bond motifs is 5. The van der Waals surface area contributed by atoms with Crippen molar-refractivity contribution in [3.05, 3.63) is 11.6 Å². The number of rotatable bonds is 8. The van der Waals surface area contributed by atoms with Gasteiger partial charge in [0.15, 0.2) is 16.6 Å². The van der Waals surface area contributed by atoms with E-state index in [1.807, 2.05) is 0 Å². The third-order valence-electron chi connectivity index (χ3n) is 9.86. The molecule has 0 bridgehead atoms. The average molecular weight is 549 g/mol. The van der Waals surface area contributed by atoms with E-state index >= 15 is 0 Å². The summed E-state index contributed by atoms with van der Waals surface area (Å²) >= 11 is 0. The number of allylic oxidation sites excluding steroid dienone is 2. The SMILES string of the molecule is CO/N=C1\C=C2CC[C@@H]3[C@H]([C@@H](O[Si](C)(C)C)C[C@]4(C)[C@@H](/C(CO[Si](C)(C)C)=N/OC)CC[C@@H]34)[C@@]2(C)CC1. The second-order valence-electron chi connectivity index (χ2n) is 14.5. The molecule has 0 unspecified atom stereocenters. The fourth-order valence-corrected chi connectivity index (χ4v) is 10.3. The summed E-state index contributed by atoms with van der Waals surface area (Å²) in [4.78, 5) is 10.6. The maximum atomic E-state index is 7.17. The Morgan fingerprint density at radius 1 is 0.973 bits per heavy atom. The molecular weight excluding hydrogens is 497 g/mol. The van der Waals surface area contributed by atoms with Crippen molar-refractivity contribution in [1.82, 2.24) is 0 Å². The van der Waals surface area contributed by atoms with Crippen molar-refractivity contribution in [3.63, 3.8) is 0 Å². The highest BCUT2D eigenvalue weighted by molar-refractivity contribution is 6.70. The summed E-state index contributed by atoms with van der Waals surface area (Å²) in [5.41, 5.74) is 4.11. The molecule has 0 aromatic carbocycles. The van der Waals surface area contributed by atoms with Gasteiger partial charge in [-0.1, -0.05) is 29.7 Å². The van der Waals surface area contributed by atoms with E-state index in [1.54, 1.807) is 19.8 Å². The fraction of sp³-hybridized carbons (Fsp3) is 0.862. The predicted octanol–water partition coefficient (Wildman–Crippen LogP) is 7.25. The summed E-state index contributed by atoms with van der Waals surface area (Å²) < 4.78 is 13.6. The van der Waals surface area contributed by atoms with E-state index in [1.165, 1.54) is 19.3 Å². The number of hydrogen-bond donors (Lipinski definition) is 0. The molecule has 6 nitrogen and oxygen atoms in total. The molecule has 210 valence electrons. The van der Waals surface area contributed by atoms with Crippen LogP contribution in [0.2, 0.25) is 39.3 Å². The van der Waals surface area contributed by atoms with Crippen LogP contribution in [0.5, 0.6) is 0 Å². The number of nitrogens with zero attached hydrogens (tertiary/aromatic N) is 2. The first-order valence-corrected chi connectivity index (χ1v) is 21.3. The molecule has 0 aromatic heterocycles. The van der Waals surface area contributed by atoms with Gasteiger partial charge in [0.2, 0.25) is 0 Å². The van der Waals surface area contributed by atoms with Crippen molar-refractivity contribution in [2.24, 2.45) is 44.8 Å². The van der Waals surface area contributed by atoms with E-state index in [-0.39, 0.29) is 16.9 Å². The molecule has 0 aliphatic heterocycles. The highest BCUT2D eigenvalue weighted by atomic mass is 28.4. The maximum absolute atomic E-state index is 7.17. The van der Waals surface area contributed by atoms with Gasteiger partial charge in [-0.2, -0.15) is 0 Å². The van der Waals surface area contributed by atoms with Crippen LogP contribution in [0.4, 0.5) is 0 Å². The third kappa shape index (κ3) is 5.82. The lowest BCUT2D eigenvalue weighted by Gasteiger charge is -2.61. The van der Waals surface area contributed by atoms with Crippen molar-refractivity contribution in [2.75, 3.05) is 20.8 Å². The largest absolute Gasteiger partial charge is 0.414 e. The maximum Gasteiger partial charge on any atom is 0.184 e. The summed E-state index contributed by atoms with van der Waals surface area (Å²) in [6, 6.07) is 0. The van der Waals surface area contributed by atoms with Crippen LogP contribution in [-0.4, -0.2) is 55.0 Å². The summed E-state index contributed by atoms with van der Waals surface area (Å²) in [5, 5.41) is 8.92. The number of hydrogen-bond acceptors (Lipinski definition) is 6. The molecular formula is C29H52N2O4Si2. The molecule has 4 rings (SSSR count). The minimum Gasteiger partial charge on any atom is -0.414 e. The van der Waals surface area contributed by atoms with Crippen LogP contribution in [0, 0.1) is 34.5 Å². The Kier molecular flexibility index (Phi) is 8.27. The van der Waals surface area contributed by atoms with E-state index in [4.69, 9.17) is 18.5 Å². The molecule has 3 saturated carbocycles. The molecule has 4 aliphatic carbocycles. The van der Waals surface area contributed by atoms with Gasteiger partial charge >= 0.3 is 0 Å². The third-order valence-corrected chi connectivity index (χ3v) is 11.9. The standard InChI is InChI=1S/C29H52N2O4Si2/c1-28-16-15-21(30-32-3)17-20(28)11-12-22-23-13-14-24(25(31-33-4)19-34-36(5,6)7)29(23,2)18-26(27(22)28)35-37(8,9)10/h17,22-24,26-27H,11-16,18-19H2,1-10H3/b30-21-,31-25+/t22-,23-,24+,26-,27+,28-,29-/m0/s1. The first-order chi connectivity index (χ1) is 17.2. The average Bonchev–Trinajstić information content (AvgIpc) is 3.11. The molecule has 0 N–H and O–H groups in total. The van der Waals surface area contributed by atoms with Crippen molar-refractivity contribution >= 4 is 28.1 Å². The zero-order chi connectivity index (χ0) is 27.2. The minimum absolute atomic E-state index is 0.153. The molecule has 0 amide bonds. The van der Waals surface area contributed by atoms with Crippen molar-refractivity contribution in [3.8, 4) is 0 Å². The second kappa shape index (κ2) is 10.5. The van der Waals surface area contributed by atoms with Crippen LogP contribution in [0.3, 0.4) is 0 Å². The summed E-state index contributed by atoms with van der Waals surface area (Å²) in [6.45, 7) is 19.5. The van der Waals surface area contributed by atoms with Gasteiger partial charge < -0.3 is 18.5 Å². The van der Waals surface area contributed by atoms with Crippen LogP contribution in [-0.2, 0) is 18.5 Å². The van der Waals surface area contributed by atoms with Crippen LogP contribution in [0.1, 0.15) is 58.8 Å². The lowest BCUT2D eigenvalue weighted by molar-refractivity contribution is -0.114. The molecule has 0 spiro atoms. The Morgan fingerprint density at radius 3 is 2.32 bits per heavy atom. The molecule has 0 saturated heterocycles. The second-order valence-corrected chi connectivity index (χ2v) is 23.4. The summed E-state index contributed by atoms with van der Waals surface area (Å²) in [5.74, 6) is 2.31. The van der Waals surface area contributed by atoms with Gasteiger partial charge in [0.25, 0.3) is 0 Å². The first kappa shape index (κ1) is 29.0. The topological polar surface area (TPSA) is 61.6 Å². The van der Waals surface area contributed by atoms with E-state index < -0.39 is 16.6 Å². The van der Waals surface area contributed by atoms with Gasteiger partial charge in [0.05, 0.1) is 18.0 Å². The molecule has 0 aromatic rings. The summed E-state index contributed by atoms with van der Waals surface area (Å²) in [6.07, 6.45) is 10.7. The lowest BCUT2D eigenvalue weighted by atomic mass is 9.46. The van der Waals surface area contributed by atoms with Crippen molar-refractivity contribution in [1.29, 1.82) is 0 Å². The van der Waals surface area contributed by atoms with E-state index in [2.05, 4.69) is 69.5 Å². The number of oxime groups is 2. The van der Waals surface area contributed by atoms with Crippen LogP contribution in [0.25, 0.3) is 0 Å². The van der Waals surface area contributed by atoms with Crippen LogP contribution < -0.4 is 0 Å². The smallest absolute Gasteiger partial charge is 0.184 e. The van der Waals surface area contributed by atoms with Gasteiger partial charge in [-0.25, -0.2) is 0 Å². The molecule has 7 atom stereocenters. The zero-order valence-electron chi connectivity index (χ0n) is 25.1.